The van der Waals surface area contributed by atoms with Crippen molar-refractivity contribution in [2.45, 2.75) is 43.4 Å². The van der Waals surface area contributed by atoms with Crippen LogP contribution in [0.3, 0.4) is 0 Å². The predicted molar refractivity (Wildman–Crippen MR) is 136 cm³/mol. The lowest BCUT2D eigenvalue weighted by Gasteiger charge is -2.51. The Bertz CT molecular complexity index is 1210. The maximum absolute atomic E-state index is 13.4. The number of aliphatic hydroxyl groups is 1. The zero-order valence-electron chi connectivity index (χ0n) is 20.4. The zero-order valence-corrected chi connectivity index (χ0v) is 20.4. The molecule has 1 amide bonds. The van der Waals surface area contributed by atoms with Crippen LogP contribution < -0.4 is 4.74 Å². The third kappa shape index (κ3) is 3.94. The largest absolute Gasteiger partial charge is 0.494 e. The summed E-state index contributed by atoms with van der Waals surface area (Å²) >= 11 is 0. The van der Waals surface area contributed by atoms with Crippen LogP contribution in [0.15, 0.2) is 72.8 Å². The second-order valence-electron chi connectivity index (χ2n) is 9.96. The Kier molecular flexibility index (Phi) is 5.94. The first-order valence-electron chi connectivity index (χ1n) is 12.7. The van der Waals surface area contributed by atoms with Gasteiger partial charge in [0.2, 0.25) is 0 Å². The number of benzene rings is 3. The quantitative estimate of drug-likeness (QED) is 0.546. The molecule has 6 nitrogen and oxygen atoms in total. The van der Waals surface area contributed by atoms with Gasteiger partial charge >= 0.3 is 6.09 Å². The molecular weight excluding hydrogens is 454 g/mol. The molecule has 2 saturated heterocycles. The van der Waals surface area contributed by atoms with Crippen molar-refractivity contribution >= 4 is 6.09 Å². The van der Waals surface area contributed by atoms with E-state index in [1.165, 1.54) is 22.3 Å². The van der Waals surface area contributed by atoms with E-state index in [-0.39, 0.29) is 30.7 Å². The van der Waals surface area contributed by atoms with Gasteiger partial charge < -0.3 is 19.3 Å². The molecule has 3 aromatic rings. The lowest BCUT2D eigenvalue weighted by atomic mass is 9.77. The van der Waals surface area contributed by atoms with Crippen molar-refractivity contribution in [2.24, 2.45) is 0 Å². The first kappa shape index (κ1) is 23.1. The van der Waals surface area contributed by atoms with Gasteiger partial charge in [-0.1, -0.05) is 60.7 Å². The Morgan fingerprint density at radius 3 is 2.25 bits per heavy atom. The van der Waals surface area contributed by atoms with Crippen molar-refractivity contribution in [3.05, 3.63) is 89.5 Å². The van der Waals surface area contributed by atoms with E-state index in [0.717, 1.165) is 11.3 Å². The molecule has 186 valence electrons. The highest BCUT2D eigenvalue weighted by Crippen LogP contribution is 2.45. The number of amides is 1. The third-order valence-corrected chi connectivity index (χ3v) is 7.78. The number of carbonyl (C=O) groups excluding carboxylic acids is 1. The molecule has 2 unspecified atom stereocenters. The van der Waals surface area contributed by atoms with Gasteiger partial charge in [0.1, 0.15) is 12.4 Å². The van der Waals surface area contributed by atoms with Crippen molar-refractivity contribution in [3.63, 3.8) is 0 Å². The maximum atomic E-state index is 13.4. The molecule has 36 heavy (non-hydrogen) atoms. The van der Waals surface area contributed by atoms with Crippen LogP contribution in [-0.2, 0) is 15.1 Å². The number of nitrogens with zero attached hydrogens (tertiary/aromatic N) is 1. The van der Waals surface area contributed by atoms with Gasteiger partial charge in [0.15, 0.2) is 0 Å². The maximum Gasteiger partial charge on any atom is 0.410 e. The van der Waals surface area contributed by atoms with Gasteiger partial charge in [-0.15, -0.1) is 0 Å². The van der Waals surface area contributed by atoms with Crippen LogP contribution in [0.25, 0.3) is 11.1 Å². The smallest absolute Gasteiger partial charge is 0.410 e. The van der Waals surface area contributed by atoms with Gasteiger partial charge in [-0.05, 0) is 46.9 Å². The Balaban J connectivity index is 1.19. The average Bonchev–Trinajstić information content (AvgIpc) is 3.21. The van der Waals surface area contributed by atoms with Crippen molar-refractivity contribution in [1.82, 2.24) is 4.90 Å². The Morgan fingerprint density at radius 1 is 0.972 bits per heavy atom. The number of hydrogen-bond acceptors (Lipinski definition) is 5. The zero-order chi connectivity index (χ0) is 24.7. The number of ether oxygens (including phenoxy) is 3. The van der Waals surface area contributed by atoms with Gasteiger partial charge in [-0.25, -0.2) is 4.79 Å². The molecule has 0 saturated carbocycles. The second-order valence-corrected chi connectivity index (χ2v) is 9.96. The summed E-state index contributed by atoms with van der Waals surface area (Å²) in [5.41, 5.74) is 4.56. The lowest BCUT2D eigenvalue weighted by molar-refractivity contribution is -0.136. The highest BCUT2D eigenvalue weighted by Gasteiger charge is 2.49. The Labute approximate surface area is 211 Å². The summed E-state index contributed by atoms with van der Waals surface area (Å²) in [5, 5.41) is 11.7. The van der Waals surface area contributed by atoms with Crippen LogP contribution >= 0.6 is 0 Å². The molecule has 3 aliphatic rings. The number of hydrogen-bond donors (Lipinski definition) is 1. The van der Waals surface area contributed by atoms with Gasteiger partial charge in [0, 0.05) is 18.8 Å². The van der Waals surface area contributed by atoms with Gasteiger partial charge in [0.05, 0.1) is 37.5 Å². The molecule has 3 aromatic carbocycles. The molecule has 6 heteroatoms. The van der Waals surface area contributed by atoms with Crippen molar-refractivity contribution in [2.75, 3.05) is 26.4 Å². The fourth-order valence-corrected chi connectivity index (χ4v) is 6.22. The summed E-state index contributed by atoms with van der Waals surface area (Å²) in [6.07, 6.45) is 0.451. The minimum Gasteiger partial charge on any atom is -0.494 e. The SMILES string of the molecule is CCOc1cccc(C2(O)CC3COCC(C2)N3C(=O)OCC2c3ccccc3-c3ccccc32)c1. The highest BCUT2D eigenvalue weighted by molar-refractivity contribution is 5.79. The third-order valence-electron chi connectivity index (χ3n) is 7.78. The molecule has 2 atom stereocenters. The number of fused-ring (bicyclic) bond motifs is 5. The summed E-state index contributed by atoms with van der Waals surface area (Å²) < 4.78 is 17.4. The van der Waals surface area contributed by atoms with E-state index in [4.69, 9.17) is 14.2 Å². The molecule has 1 N–H and O–H groups in total. The van der Waals surface area contributed by atoms with Crippen LogP contribution in [0.2, 0.25) is 0 Å². The van der Waals surface area contributed by atoms with Gasteiger partial charge in [-0.3, -0.25) is 4.90 Å². The second kappa shape index (κ2) is 9.26. The average molecular weight is 486 g/mol. The summed E-state index contributed by atoms with van der Waals surface area (Å²) in [7, 11) is 0. The van der Waals surface area contributed by atoms with Crippen molar-refractivity contribution in [1.29, 1.82) is 0 Å². The minimum absolute atomic E-state index is 0.0143. The van der Waals surface area contributed by atoms with Gasteiger partial charge in [0.25, 0.3) is 0 Å². The molecule has 1 aliphatic carbocycles. The Morgan fingerprint density at radius 2 is 1.61 bits per heavy atom. The fraction of sp³-hybridized carbons (Fsp3) is 0.367. The van der Waals surface area contributed by atoms with E-state index in [2.05, 4.69) is 24.3 Å². The first-order valence-corrected chi connectivity index (χ1v) is 12.7. The molecule has 2 heterocycles. The molecule has 0 spiro atoms. The minimum atomic E-state index is -1.05. The van der Waals surface area contributed by atoms with Crippen molar-refractivity contribution < 1.29 is 24.1 Å². The van der Waals surface area contributed by atoms with E-state index < -0.39 is 5.60 Å². The number of carbonyl (C=O) groups is 1. The normalized spacial score (nSPS) is 24.7. The van der Waals surface area contributed by atoms with E-state index >= 15 is 0 Å². The van der Waals surface area contributed by atoms with E-state index in [1.54, 1.807) is 4.90 Å². The molecule has 0 aromatic heterocycles. The van der Waals surface area contributed by atoms with E-state index in [0.29, 0.717) is 32.7 Å². The summed E-state index contributed by atoms with van der Waals surface area (Å²) in [5.74, 6) is 0.754. The fourth-order valence-electron chi connectivity index (χ4n) is 6.22. The van der Waals surface area contributed by atoms with Crippen LogP contribution in [0.5, 0.6) is 5.75 Å². The van der Waals surface area contributed by atoms with Crippen LogP contribution in [0, 0.1) is 0 Å². The summed E-state index contributed by atoms with van der Waals surface area (Å²) in [6.45, 7) is 3.55. The molecule has 2 bridgehead atoms. The number of morpholine rings is 1. The summed E-state index contributed by atoms with van der Waals surface area (Å²) in [6, 6.07) is 23.8. The molecular formula is C30H31NO5. The van der Waals surface area contributed by atoms with Gasteiger partial charge in [-0.2, -0.15) is 0 Å². The molecule has 6 rings (SSSR count). The monoisotopic (exact) mass is 485 g/mol. The van der Waals surface area contributed by atoms with Crippen LogP contribution in [-0.4, -0.2) is 54.6 Å². The van der Waals surface area contributed by atoms with Crippen molar-refractivity contribution in [3.8, 4) is 16.9 Å². The molecule has 0 radical (unpaired) electrons. The van der Waals surface area contributed by atoms with Crippen LogP contribution in [0.1, 0.15) is 42.4 Å². The number of rotatable bonds is 5. The lowest BCUT2D eigenvalue weighted by Crippen LogP contribution is -2.62. The van der Waals surface area contributed by atoms with Crippen LogP contribution in [0.4, 0.5) is 4.79 Å². The molecule has 2 fully saturated rings. The molecule has 2 aliphatic heterocycles. The highest BCUT2D eigenvalue weighted by atomic mass is 16.6. The Hall–Kier alpha value is -3.35. The van der Waals surface area contributed by atoms with E-state index in [1.807, 2.05) is 55.5 Å². The number of piperidine rings is 1. The topological polar surface area (TPSA) is 68.2 Å². The standard InChI is InChI=1S/C30H31NO5/c1-2-35-23-9-7-8-20(14-23)30(33)15-21-17-34-18-22(16-30)31(21)29(32)36-19-28-26-12-5-3-10-24(26)25-11-4-6-13-27(25)28/h3-14,21-22,28,33H,2,15-19H2,1H3. The first-order chi connectivity index (χ1) is 17.6. The predicted octanol–water partition coefficient (Wildman–Crippen LogP) is 5.09. The van der Waals surface area contributed by atoms with E-state index in [9.17, 15) is 9.90 Å². The summed E-state index contributed by atoms with van der Waals surface area (Å²) in [4.78, 5) is 15.2.